The minimum Gasteiger partial charge on any atom is -0.506 e. The summed E-state index contributed by atoms with van der Waals surface area (Å²) in [5, 5.41) is 9.24. The lowest BCUT2D eigenvalue weighted by Gasteiger charge is -1.97. The van der Waals surface area contributed by atoms with Crippen molar-refractivity contribution in [3.8, 4) is 5.75 Å². The Bertz CT molecular complexity index is 290. The van der Waals surface area contributed by atoms with E-state index in [4.69, 9.17) is 4.74 Å². The summed E-state index contributed by atoms with van der Waals surface area (Å²) >= 11 is 1.24. The Hall–Kier alpha value is -1.03. The number of thiophene rings is 1. The van der Waals surface area contributed by atoms with Crippen LogP contribution in [0.5, 0.6) is 5.75 Å². The number of esters is 1. The average Bonchev–Trinajstić information content (AvgIpc) is 2.30. The van der Waals surface area contributed by atoms with Crippen molar-refractivity contribution in [3.63, 3.8) is 0 Å². The van der Waals surface area contributed by atoms with Gasteiger partial charge in [-0.05, 0) is 19.9 Å². The summed E-state index contributed by atoms with van der Waals surface area (Å²) in [5.74, 6) is -0.441. The van der Waals surface area contributed by atoms with Crippen molar-refractivity contribution in [1.82, 2.24) is 0 Å². The second-order valence-corrected chi connectivity index (χ2v) is 3.55. The molecule has 0 radical (unpaired) electrons. The van der Waals surface area contributed by atoms with Crippen molar-refractivity contribution < 1.29 is 14.6 Å². The zero-order valence-corrected chi connectivity index (χ0v) is 7.77. The van der Waals surface area contributed by atoms with Crippen LogP contribution < -0.4 is 0 Å². The third-order valence-corrected chi connectivity index (χ3v) is 2.32. The number of aromatic hydroxyl groups is 1. The first-order valence-electron chi connectivity index (χ1n) is 3.61. The van der Waals surface area contributed by atoms with Gasteiger partial charge in [0.05, 0.1) is 6.61 Å². The Kier molecular flexibility index (Phi) is 2.70. The Morgan fingerprint density at radius 1 is 1.75 bits per heavy atom. The highest BCUT2D eigenvalue weighted by Gasteiger charge is 2.14. The highest BCUT2D eigenvalue weighted by Crippen LogP contribution is 2.27. The van der Waals surface area contributed by atoms with Gasteiger partial charge in [0.1, 0.15) is 5.75 Å². The molecule has 0 aliphatic carbocycles. The largest absolute Gasteiger partial charge is 0.506 e. The lowest BCUT2D eigenvalue weighted by molar-refractivity contribution is 0.0529. The number of aryl methyl sites for hydroxylation is 1. The number of rotatable bonds is 2. The van der Waals surface area contributed by atoms with E-state index in [2.05, 4.69) is 0 Å². The van der Waals surface area contributed by atoms with E-state index in [0.717, 1.165) is 4.88 Å². The molecule has 12 heavy (non-hydrogen) atoms. The highest BCUT2D eigenvalue weighted by atomic mass is 32.1. The van der Waals surface area contributed by atoms with Crippen LogP contribution >= 0.6 is 11.3 Å². The summed E-state index contributed by atoms with van der Waals surface area (Å²) < 4.78 is 4.73. The van der Waals surface area contributed by atoms with E-state index in [1.165, 1.54) is 11.3 Å². The van der Waals surface area contributed by atoms with Gasteiger partial charge >= 0.3 is 5.97 Å². The molecule has 1 N–H and O–H groups in total. The summed E-state index contributed by atoms with van der Waals surface area (Å²) in [7, 11) is 0. The Labute approximate surface area is 74.6 Å². The van der Waals surface area contributed by atoms with E-state index < -0.39 is 5.97 Å². The average molecular weight is 186 g/mol. The van der Waals surface area contributed by atoms with Gasteiger partial charge in [-0.3, -0.25) is 0 Å². The van der Waals surface area contributed by atoms with E-state index in [1.807, 2.05) is 6.92 Å². The van der Waals surface area contributed by atoms with Crippen molar-refractivity contribution in [2.24, 2.45) is 0 Å². The lowest BCUT2D eigenvalue weighted by Crippen LogP contribution is -2.01. The fourth-order valence-corrected chi connectivity index (χ4v) is 1.64. The first-order chi connectivity index (χ1) is 5.65. The molecule has 0 fully saturated rings. The van der Waals surface area contributed by atoms with Gasteiger partial charge in [0.15, 0.2) is 4.88 Å². The van der Waals surface area contributed by atoms with Crippen molar-refractivity contribution in [2.75, 3.05) is 6.61 Å². The highest BCUT2D eigenvalue weighted by molar-refractivity contribution is 7.14. The van der Waals surface area contributed by atoms with Crippen LogP contribution in [0.15, 0.2) is 6.07 Å². The summed E-state index contributed by atoms with van der Waals surface area (Å²) in [6, 6.07) is 1.55. The van der Waals surface area contributed by atoms with E-state index >= 15 is 0 Å². The molecule has 0 aromatic carbocycles. The van der Waals surface area contributed by atoms with Gasteiger partial charge in [-0.25, -0.2) is 4.79 Å². The number of hydrogen-bond donors (Lipinski definition) is 1. The molecule has 4 heteroatoms. The van der Waals surface area contributed by atoms with E-state index in [9.17, 15) is 9.90 Å². The summed E-state index contributed by atoms with van der Waals surface area (Å²) in [6.45, 7) is 3.89. The van der Waals surface area contributed by atoms with Gasteiger partial charge < -0.3 is 9.84 Å². The van der Waals surface area contributed by atoms with Crippen LogP contribution in [0, 0.1) is 6.92 Å². The summed E-state index contributed by atoms with van der Waals surface area (Å²) in [4.78, 5) is 12.3. The van der Waals surface area contributed by atoms with E-state index in [1.54, 1.807) is 13.0 Å². The molecule has 0 aliphatic heterocycles. The minimum absolute atomic E-state index is 0.0101. The summed E-state index contributed by atoms with van der Waals surface area (Å²) in [5.41, 5.74) is 0. The predicted octanol–water partition coefficient (Wildman–Crippen LogP) is 1.94. The topological polar surface area (TPSA) is 46.5 Å². The second-order valence-electron chi connectivity index (χ2n) is 2.29. The zero-order chi connectivity index (χ0) is 9.14. The van der Waals surface area contributed by atoms with E-state index in [-0.39, 0.29) is 10.6 Å². The molecule has 0 saturated heterocycles. The van der Waals surface area contributed by atoms with Gasteiger partial charge in [0, 0.05) is 4.88 Å². The Balaban J connectivity index is 2.87. The third-order valence-electron chi connectivity index (χ3n) is 1.30. The van der Waals surface area contributed by atoms with Gasteiger partial charge in [-0.15, -0.1) is 11.3 Å². The Morgan fingerprint density at radius 3 is 2.83 bits per heavy atom. The molecule has 1 rings (SSSR count). The maximum atomic E-state index is 11.1. The maximum Gasteiger partial charge on any atom is 0.352 e. The van der Waals surface area contributed by atoms with Gasteiger partial charge in [-0.2, -0.15) is 0 Å². The quantitative estimate of drug-likeness (QED) is 0.718. The number of ether oxygens (including phenoxy) is 1. The van der Waals surface area contributed by atoms with Crippen LogP contribution in [0.1, 0.15) is 21.5 Å². The normalized spacial score (nSPS) is 9.83. The predicted molar refractivity (Wildman–Crippen MR) is 46.7 cm³/mol. The second kappa shape index (κ2) is 3.58. The fraction of sp³-hybridized carbons (Fsp3) is 0.375. The van der Waals surface area contributed by atoms with Crippen LogP contribution in [-0.4, -0.2) is 17.7 Å². The van der Waals surface area contributed by atoms with Gasteiger partial charge in [-0.1, -0.05) is 0 Å². The van der Waals surface area contributed by atoms with Crippen molar-refractivity contribution >= 4 is 17.3 Å². The number of carbonyl (C=O) groups excluding carboxylic acids is 1. The van der Waals surface area contributed by atoms with Crippen LogP contribution in [0.4, 0.5) is 0 Å². The molecular formula is C8H10O3S. The molecule has 3 nitrogen and oxygen atoms in total. The monoisotopic (exact) mass is 186 g/mol. The maximum absolute atomic E-state index is 11.1. The van der Waals surface area contributed by atoms with E-state index in [0.29, 0.717) is 6.61 Å². The fourth-order valence-electron chi connectivity index (χ4n) is 0.844. The first kappa shape index (κ1) is 9.06. The molecule has 66 valence electrons. The first-order valence-corrected chi connectivity index (χ1v) is 4.43. The number of carbonyl (C=O) groups is 1. The molecule has 0 aliphatic rings. The standard InChI is InChI=1S/C8H10O3S/c1-3-11-8(10)7-6(9)4-5(2)12-7/h4,9H,3H2,1-2H3. The molecule has 0 amide bonds. The molecule has 0 atom stereocenters. The molecule has 0 bridgehead atoms. The van der Waals surface area contributed by atoms with Crippen molar-refractivity contribution in [1.29, 1.82) is 0 Å². The van der Waals surface area contributed by atoms with Crippen LogP contribution in [-0.2, 0) is 4.74 Å². The molecule has 1 aromatic heterocycles. The van der Waals surface area contributed by atoms with Crippen LogP contribution in [0.3, 0.4) is 0 Å². The van der Waals surface area contributed by atoms with Gasteiger partial charge in [0.2, 0.25) is 0 Å². The van der Waals surface area contributed by atoms with Gasteiger partial charge in [0.25, 0.3) is 0 Å². The molecule has 1 aromatic rings. The molecule has 0 saturated carbocycles. The molecular weight excluding hydrogens is 176 g/mol. The lowest BCUT2D eigenvalue weighted by atomic mass is 10.4. The van der Waals surface area contributed by atoms with Crippen molar-refractivity contribution in [2.45, 2.75) is 13.8 Å². The minimum atomic E-state index is -0.451. The smallest absolute Gasteiger partial charge is 0.352 e. The zero-order valence-electron chi connectivity index (χ0n) is 6.96. The third kappa shape index (κ3) is 1.76. The number of hydrogen-bond acceptors (Lipinski definition) is 4. The van der Waals surface area contributed by atoms with Crippen LogP contribution in [0.2, 0.25) is 0 Å². The molecule has 0 unspecified atom stereocenters. The molecule has 0 spiro atoms. The van der Waals surface area contributed by atoms with Crippen LogP contribution in [0.25, 0.3) is 0 Å². The SMILES string of the molecule is CCOC(=O)c1sc(C)cc1O. The Morgan fingerprint density at radius 2 is 2.42 bits per heavy atom. The molecule has 1 heterocycles. The summed E-state index contributed by atoms with van der Waals surface area (Å²) in [6.07, 6.45) is 0. The van der Waals surface area contributed by atoms with Crippen molar-refractivity contribution in [3.05, 3.63) is 15.8 Å².